The van der Waals surface area contributed by atoms with Crippen molar-refractivity contribution in [3.8, 4) is 0 Å². The van der Waals surface area contributed by atoms with Gasteiger partial charge in [-0.15, -0.1) is 0 Å². The monoisotopic (exact) mass is 270 g/mol. The minimum absolute atomic E-state index is 0.0559. The number of hydrogen-bond donors (Lipinski definition) is 2. The van der Waals surface area contributed by atoms with Crippen molar-refractivity contribution in [3.63, 3.8) is 0 Å². The van der Waals surface area contributed by atoms with Gasteiger partial charge in [0.05, 0.1) is 6.04 Å². The molecule has 0 aromatic heterocycles. The molecule has 0 spiro atoms. The highest BCUT2D eigenvalue weighted by Gasteiger charge is 2.30. The molecular formula is C14H26N2OS. The van der Waals surface area contributed by atoms with Gasteiger partial charge in [-0.3, -0.25) is 4.79 Å². The topological polar surface area (TPSA) is 41.1 Å². The fraction of sp³-hybridized carbons (Fsp3) is 0.929. The Morgan fingerprint density at radius 2 is 2.11 bits per heavy atom. The Morgan fingerprint density at radius 1 is 1.22 bits per heavy atom. The van der Waals surface area contributed by atoms with Gasteiger partial charge >= 0.3 is 0 Å². The van der Waals surface area contributed by atoms with E-state index < -0.39 is 0 Å². The lowest BCUT2D eigenvalue weighted by molar-refractivity contribution is -0.123. The number of thioether (sulfide) groups is 1. The molecule has 1 saturated heterocycles. The molecule has 0 aromatic carbocycles. The molecule has 4 heteroatoms. The second kappa shape index (κ2) is 7.39. The molecule has 1 aliphatic heterocycles. The Hall–Kier alpha value is -0.220. The lowest BCUT2D eigenvalue weighted by atomic mass is 10.1. The molecule has 2 N–H and O–H groups in total. The average molecular weight is 270 g/mol. The fourth-order valence-corrected chi connectivity index (χ4v) is 4.24. The van der Waals surface area contributed by atoms with Crippen molar-refractivity contribution < 1.29 is 4.79 Å². The zero-order chi connectivity index (χ0) is 12.8. The molecular weight excluding hydrogens is 244 g/mol. The van der Waals surface area contributed by atoms with Crippen molar-refractivity contribution in [1.29, 1.82) is 0 Å². The minimum Gasteiger partial charge on any atom is -0.351 e. The first-order valence-electron chi connectivity index (χ1n) is 7.46. The van der Waals surface area contributed by atoms with Crippen molar-refractivity contribution in [2.24, 2.45) is 0 Å². The molecule has 1 saturated carbocycles. The highest BCUT2D eigenvalue weighted by molar-refractivity contribution is 7.99. The molecule has 3 nitrogen and oxygen atoms in total. The van der Waals surface area contributed by atoms with E-state index in [-0.39, 0.29) is 11.9 Å². The summed E-state index contributed by atoms with van der Waals surface area (Å²) in [6, 6.07) is 0.466. The van der Waals surface area contributed by atoms with Gasteiger partial charge in [-0.05, 0) is 38.0 Å². The van der Waals surface area contributed by atoms with E-state index in [1.165, 1.54) is 32.1 Å². The average Bonchev–Trinajstić information content (AvgIpc) is 2.66. The maximum Gasteiger partial charge on any atom is 0.237 e. The summed E-state index contributed by atoms with van der Waals surface area (Å²) in [7, 11) is 0. The van der Waals surface area contributed by atoms with Crippen LogP contribution in [-0.2, 0) is 4.79 Å². The van der Waals surface area contributed by atoms with E-state index in [1.807, 2.05) is 11.8 Å². The number of hydrogen-bond acceptors (Lipinski definition) is 3. The molecule has 1 amide bonds. The Bertz CT molecular complexity index is 265. The molecule has 3 atom stereocenters. The molecule has 3 unspecified atom stereocenters. The van der Waals surface area contributed by atoms with Gasteiger partial charge in [-0.2, -0.15) is 11.8 Å². The smallest absolute Gasteiger partial charge is 0.237 e. The highest BCUT2D eigenvalue weighted by Crippen LogP contribution is 2.30. The first-order valence-corrected chi connectivity index (χ1v) is 8.51. The summed E-state index contributed by atoms with van der Waals surface area (Å²) >= 11 is 2.00. The standard InChI is InChI=1S/C14H26N2OS/c1-2-18-13-9-6-8-11(13)16-14(17)12-7-4-3-5-10-15-12/h11-13,15H,2-10H2,1H3,(H,16,17). The van der Waals surface area contributed by atoms with E-state index in [1.54, 1.807) is 0 Å². The fourth-order valence-electron chi connectivity index (χ4n) is 3.04. The Labute approximate surface area is 115 Å². The van der Waals surface area contributed by atoms with Gasteiger partial charge in [0.2, 0.25) is 5.91 Å². The molecule has 0 bridgehead atoms. The molecule has 1 heterocycles. The predicted octanol–water partition coefficient (Wildman–Crippen LogP) is 2.31. The largest absolute Gasteiger partial charge is 0.351 e. The van der Waals surface area contributed by atoms with Crippen molar-refractivity contribution in [1.82, 2.24) is 10.6 Å². The van der Waals surface area contributed by atoms with Crippen LogP contribution >= 0.6 is 11.8 Å². The number of rotatable bonds is 4. The molecule has 1 aliphatic carbocycles. The van der Waals surface area contributed by atoms with Gasteiger partial charge in [-0.25, -0.2) is 0 Å². The first kappa shape index (κ1) is 14.2. The third-order valence-corrected chi connectivity index (χ3v) is 5.36. The van der Waals surface area contributed by atoms with Crippen LogP contribution in [0.4, 0.5) is 0 Å². The van der Waals surface area contributed by atoms with E-state index in [2.05, 4.69) is 17.6 Å². The maximum absolute atomic E-state index is 12.3. The van der Waals surface area contributed by atoms with Gasteiger partial charge in [-0.1, -0.05) is 26.2 Å². The van der Waals surface area contributed by atoms with E-state index >= 15 is 0 Å². The number of nitrogens with one attached hydrogen (secondary N) is 2. The zero-order valence-corrected chi connectivity index (χ0v) is 12.2. The maximum atomic E-state index is 12.3. The van der Waals surface area contributed by atoms with Crippen molar-refractivity contribution >= 4 is 17.7 Å². The number of amides is 1. The molecule has 18 heavy (non-hydrogen) atoms. The van der Waals surface area contributed by atoms with Crippen molar-refractivity contribution in [2.45, 2.75) is 69.2 Å². The van der Waals surface area contributed by atoms with E-state index in [4.69, 9.17) is 0 Å². The number of carbonyl (C=O) groups excluding carboxylic acids is 1. The third-order valence-electron chi connectivity index (χ3n) is 4.04. The Balaban J connectivity index is 1.81. The van der Waals surface area contributed by atoms with Gasteiger partial charge in [0.15, 0.2) is 0 Å². The molecule has 0 radical (unpaired) electrons. The minimum atomic E-state index is 0.0559. The summed E-state index contributed by atoms with van der Waals surface area (Å²) in [5.74, 6) is 1.39. The summed E-state index contributed by atoms with van der Waals surface area (Å²) in [5, 5.41) is 7.32. The van der Waals surface area contributed by atoms with Crippen LogP contribution in [0.2, 0.25) is 0 Å². The van der Waals surface area contributed by atoms with Crippen molar-refractivity contribution in [3.05, 3.63) is 0 Å². The van der Waals surface area contributed by atoms with E-state index in [0.717, 1.165) is 25.1 Å². The van der Waals surface area contributed by atoms with E-state index in [0.29, 0.717) is 11.3 Å². The quantitative estimate of drug-likeness (QED) is 0.823. The second-order valence-electron chi connectivity index (χ2n) is 5.40. The molecule has 2 rings (SSSR count). The highest BCUT2D eigenvalue weighted by atomic mass is 32.2. The van der Waals surface area contributed by atoms with Crippen molar-refractivity contribution in [2.75, 3.05) is 12.3 Å². The van der Waals surface area contributed by atoms with Crippen LogP contribution in [0.1, 0.15) is 51.9 Å². The predicted molar refractivity (Wildman–Crippen MR) is 78.0 cm³/mol. The van der Waals surface area contributed by atoms with Gasteiger partial charge < -0.3 is 10.6 Å². The van der Waals surface area contributed by atoms with Gasteiger partial charge in [0.1, 0.15) is 0 Å². The van der Waals surface area contributed by atoms with Gasteiger partial charge in [0, 0.05) is 11.3 Å². The third kappa shape index (κ3) is 3.89. The normalized spacial score (nSPS) is 33.1. The van der Waals surface area contributed by atoms with E-state index in [9.17, 15) is 4.79 Å². The van der Waals surface area contributed by atoms with Crippen LogP contribution in [-0.4, -0.2) is 35.5 Å². The first-order chi connectivity index (χ1) is 8.81. The van der Waals surface area contributed by atoms with Gasteiger partial charge in [0.25, 0.3) is 0 Å². The Morgan fingerprint density at radius 3 is 2.94 bits per heavy atom. The van der Waals surface area contributed by atoms with Crippen LogP contribution in [0.15, 0.2) is 0 Å². The van der Waals surface area contributed by atoms with Crippen LogP contribution in [0.3, 0.4) is 0 Å². The lowest BCUT2D eigenvalue weighted by Gasteiger charge is -2.23. The van der Waals surface area contributed by atoms with Crippen LogP contribution in [0, 0.1) is 0 Å². The van der Waals surface area contributed by atoms with Crippen LogP contribution in [0.5, 0.6) is 0 Å². The zero-order valence-electron chi connectivity index (χ0n) is 11.4. The molecule has 2 aliphatic rings. The number of carbonyl (C=O) groups is 1. The molecule has 104 valence electrons. The summed E-state index contributed by atoms with van der Waals surface area (Å²) < 4.78 is 0. The molecule has 0 aromatic rings. The van der Waals surface area contributed by atoms with Crippen LogP contribution < -0.4 is 10.6 Å². The summed E-state index contributed by atoms with van der Waals surface area (Å²) in [6.07, 6.45) is 8.35. The lowest BCUT2D eigenvalue weighted by Crippen LogP contribution is -2.49. The Kier molecular flexibility index (Phi) is 5.83. The summed E-state index contributed by atoms with van der Waals surface area (Å²) in [4.78, 5) is 12.3. The molecule has 2 fully saturated rings. The summed E-state index contributed by atoms with van der Waals surface area (Å²) in [6.45, 7) is 3.20. The SMILES string of the molecule is CCSC1CCCC1NC(=O)C1CCCCCN1. The summed E-state index contributed by atoms with van der Waals surface area (Å²) in [5.41, 5.74) is 0. The van der Waals surface area contributed by atoms with Crippen LogP contribution in [0.25, 0.3) is 0 Å². The second-order valence-corrected chi connectivity index (χ2v) is 6.91.